The average Bonchev–Trinajstić information content (AvgIpc) is 3.47. The second kappa shape index (κ2) is 10.6. The fourth-order valence-electron chi connectivity index (χ4n) is 6.98. The minimum Gasteiger partial charge on any atom is -0.380 e. The number of nitrogens with zero attached hydrogens (tertiary/aromatic N) is 8. The summed E-state index contributed by atoms with van der Waals surface area (Å²) in [5.74, 6) is 0.637. The van der Waals surface area contributed by atoms with Gasteiger partial charge in [0, 0.05) is 61.2 Å². The molecule has 1 saturated carbocycles. The van der Waals surface area contributed by atoms with Gasteiger partial charge in [-0.3, -0.25) is 19.6 Å². The van der Waals surface area contributed by atoms with Gasteiger partial charge in [0.05, 0.1) is 43.4 Å². The molecule has 1 spiro atoms. The third kappa shape index (κ3) is 5.19. The van der Waals surface area contributed by atoms with Crippen molar-refractivity contribution in [2.45, 2.75) is 44.1 Å². The quantitative estimate of drug-likeness (QED) is 0.289. The van der Waals surface area contributed by atoms with Gasteiger partial charge in [-0.25, -0.2) is 4.98 Å². The van der Waals surface area contributed by atoms with Crippen LogP contribution in [0.4, 0.5) is 24.8 Å². The Hall–Kier alpha value is -4.87. The smallest absolute Gasteiger partial charge is 0.380 e. The van der Waals surface area contributed by atoms with E-state index in [1.807, 2.05) is 7.05 Å². The van der Waals surface area contributed by atoms with Gasteiger partial charge in [0.15, 0.2) is 5.82 Å². The number of fused-ring (bicyclic) bond motifs is 1. The highest BCUT2D eigenvalue weighted by Crippen LogP contribution is 2.45. The zero-order chi connectivity index (χ0) is 32.6. The molecule has 14 heteroatoms. The molecule has 4 aliphatic rings. The molecule has 4 aromatic rings. The van der Waals surface area contributed by atoms with Gasteiger partial charge < -0.3 is 14.6 Å². The number of alkyl halides is 3. The first-order chi connectivity index (χ1) is 22.6. The number of aryl methyl sites for hydroxylation is 1. The van der Waals surface area contributed by atoms with Crippen LogP contribution in [0.15, 0.2) is 49.1 Å². The molecule has 1 amide bonds. The summed E-state index contributed by atoms with van der Waals surface area (Å²) in [6, 6.07) is 10.3. The fourth-order valence-corrected chi connectivity index (χ4v) is 6.98. The predicted octanol–water partition coefficient (Wildman–Crippen LogP) is 4.81. The number of carbonyl (C=O) groups excluding carboxylic acids is 1. The summed E-state index contributed by atoms with van der Waals surface area (Å²) in [6.07, 6.45) is 2.05. The molecule has 3 aliphatic heterocycles. The van der Waals surface area contributed by atoms with Crippen LogP contribution in [0.3, 0.4) is 0 Å². The summed E-state index contributed by atoms with van der Waals surface area (Å²) < 4.78 is 50.6. The number of rotatable bonds is 8. The Morgan fingerprint density at radius 2 is 1.91 bits per heavy atom. The van der Waals surface area contributed by atoms with E-state index in [1.54, 1.807) is 47.6 Å². The highest BCUT2D eigenvalue weighted by Gasteiger charge is 2.49. The molecule has 3 aromatic heterocycles. The van der Waals surface area contributed by atoms with E-state index in [9.17, 15) is 23.2 Å². The van der Waals surface area contributed by atoms with E-state index in [0.717, 1.165) is 31.5 Å². The molecular weight excluding hydrogens is 611 g/mol. The van der Waals surface area contributed by atoms with E-state index in [-0.39, 0.29) is 35.3 Å². The van der Waals surface area contributed by atoms with Crippen molar-refractivity contribution in [1.82, 2.24) is 29.6 Å². The molecule has 0 atom stereocenters. The summed E-state index contributed by atoms with van der Waals surface area (Å²) in [6.45, 7) is 2.91. The number of anilines is 2. The lowest BCUT2D eigenvalue weighted by Gasteiger charge is -2.55. The number of aromatic nitrogens is 5. The second-order valence-electron chi connectivity index (χ2n) is 13.2. The van der Waals surface area contributed by atoms with Crippen molar-refractivity contribution < 1.29 is 22.7 Å². The van der Waals surface area contributed by atoms with Gasteiger partial charge in [0.1, 0.15) is 18.0 Å². The number of hydrogen-bond donors (Lipinski definition) is 1. The number of likely N-dealkylation sites (tertiary alicyclic amines) is 1. The van der Waals surface area contributed by atoms with Gasteiger partial charge in [-0.1, -0.05) is 0 Å². The molecule has 0 unspecified atom stereocenters. The first-order valence-electron chi connectivity index (χ1n) is 15.4. The van der Waals surface area contributed by atoms with Crippen LogP contribution in [0.5, 0.6) is 0 Å². The zero-order valence-electron chi connectivity index (χ0n) is 25.5. The van der Waals surface area contributed by atoms with E-state index in [4.69, 9.17) is 9.72 Å². The molecule has 3 fully saturated rings. The highest BCUT2D eigenvalue weighted by atomic mass is 19.4. The maximum absolute atomic E-state index is 14.5. The van der Waals surface area contributed by atoms with E-state index in [1.165, 1.54) is 11.0 Å². The van der Waals surface area contributed by atoms with Crippen molar-refractivity contribution in [1.29, 1.82) is 5.26 Å². The van der Waals surface area contributed by atoms with Crippen LogP contribution in [-0.4, -0.2) is 67.4 Å². The van der Waals surface area contributed by atoms with Crippen LogP contribution < -0.4 is 10.2 Å². The van der Waals surface area contributed by atoms with E-state index in [0.29, 0.717) is 48.1 Å². The lowest BCUT2D eigenvalue weighted by atomic mass is 9.78. The lowest BCUT2D eigenvalue weighted by molar-refractivity contribution is -0.191. The van der Waals surface area contributed by atoms with Gasteiger partial charge in [0.2, 0.25) is 0 Å². The highest BCUT2D eigenvalue weighted by molar-refractivity contribution is 6.10. The molecule has 8 rings (SSSR count). The largest absolute Gasteiger partial charge is 0.416 e. The van der Waals surface area contributed by atoms with Gasteiger partial charge in [-0.2, -0.15) is 18.4 Å². The molecule has 1 aromatic carbocycles. The van der Waals surface area contributed by atoms with Crippen molar-refractivity contribution in [2.75, 3.05) is 36.5 Å². The van der Waals surface area contributed by atoms with Crippen molar-refractivity contribution in [3.05, 3.63) is 71.3 Å². The monoisotopic (exact) mass is 641 g/mol. The molecule has 1 aliphatic carbocycles. The molecule has 0 radical (unpaired) electrons. The van der Waals surface area contributed by atoms with Crippen LogP contribution in [0.1, 0.15) is 46.3 Å². The number of carbonyl (C=O) groups is 1. The summed E-state index contributed by atoms with van der Waals surface area (Å²) >= 11 is 0. The van der Waals surface area contributed by atoms with Crippen LogP contribution in [0.2, 0.25) is 0 Å². The Labute approximate surface area is 268 Å². The maximum Gasteiger partial charge on any atom is 0.416 e. The second-order valence-corrected chi connectivity index (χ2v) is 13.2. The topological polar surface area (TPSA) is 125 Å². The number of halogens is 3. The first-order valence-corrected chi connectivity index (χ1v) is 15.4. The van der Waals surface area contributed by atoms with E-state index < -0.39 is 23.2 Å². The Morgan fingerprint density at radius 3 is 2.57 bits per heavy atom. The minimum atomic E-state index is -4.65. The van der Waals surface area contributed by atoms with Crippen molar-refractivity contribution in [2.24, 2.45) is 12.5 Å². The molecule has 11 nitrogen and oxygen atoms in total. The van der Waals surface area contributed by atoms with E-state index in [2.05, 4.69) is 31.5 Å². The molecule has 47 heavy (non-hydrogen) atoms. The molecule has 0 bridgehead atoms. The summed E-state index contributed by atoms with van der Waals surface area (Å²) in [5, 5.41) is 21.1. The molecule has 1 N–H and O–H groups in total. The lowest BCUT2D eigenvalue weighted by Crippen LogP contribution is -2.65. The number of nitrogens with one attached hydrogen (secondary N) is 1. The Balaban J connectivity index is 1.18. The Morgan fingerprint density at radius 1 is 1.11 bits per heavy atom. The third-order valence-electron chi connectivity index (χ3n) is 9.58. The molecule has 6 heterocycles. The molecular formula is C33H30F3N9O2. The first kappa shape index (κ1) is 29.5. The van der Waals surface area contributed by atoms with Gasteiger partial charge >= 0.3 is 6.18 Å². The number of ether oxygens (including phenoxy) is 1. The number of benzene rings is 1. The summed E-state index contributed by atoms with van der Waals surface area (Å²) in [4.78, 5) is 26.5. The number of amides is 1. The Kier molecular flexibility index (Phi) is 6.65. The van der Waals surface area contributed by atoms with Crippen molar-refractivity contribution >= 4 is 17.5 Å². The average molecular weight is 642 g/mol. The van der Waals surface area contributed by atoms with Crippen LogP contribution in [0.25, 0.3) is 22.5 Å². The Bertz CT molecular complexity index is 1950. The van der Waals surface area contributed by atoms with Crippen molar-refractivity contribution in [3.8, 4) is 28.6 Å². The van der Waals surface area contributed by atoms with Crippen LogP contribution in [0, 0.1) is 16.7 Å². The SMILES string of the molecule is Cn1cnnc1-c1ccncc1-c1cc(NC2(CC#N)CC2)nc(N2Cc3c(cc(CN4CC5(COC5)C4)cc3C(F)(F)F)C2=O)c1. The van der Waals surface area contributed by atoms with Crippen LogP contribution in [-0.2, 0) is 31.1 Å². The van der Waals surface area contributed by atoms with Crippen molar-refractivity contribution in [3.63, 3.8) is 0 Å². The normalized spacial score (nSPS) is 19.2. The molecule has 240 valence electrons. The van der Waals surface area contributed by atoms with Crippen LogP contribution >= 0.6 is 0 Å². The van der Waals surface area contributed by atoms with Gasteiger partial charge in [0.25, 0.3) is 5.91 Å². The van der Waals surface area contributed by atoms with Gasteiger partial charge in [-0.15, -0.1) is 10.2 Å². The number of nitriles is 1. The standard InChI is InChI=1S/C33H30F3N9O2/c1-43-19-39-42-29(43)22-2-7-38-12-24(22)21-10-27(41-32(3-4-32)5-6-37)40-28(11-21)45-14-25-23(30(45)46)8-20(9-26(25)33(34,35)36)13-44-15-31(16-44)17-47-18-31/h2,7-12,19H,3-5,13-18H2,1H3,(H,40,41). The zero-order valence-corrected chi connectivity index (χ0v) is 25.5. The maximum atomic E-state index is 14.5. The number of pyridine rings is 2. The van der Waals surface area contributed by atoms with Gasteiger partial charge in [-0.05, 0) is 59.9 Å². The third-order valence-corrected chi connectivity index (χ3v) is 9.58. The van der Waals surface area contributed by atoms with E-state index >= 15 is 0 Å². The number of hydrogen-bond acceptors (Lipinski definition) is 9. The minimum absolute atomic E-state index is 0.0306. The summed E-state index contributed by atoms with van der Waals surface area (Å²) in [5.41, 5.74) is 1.30. The summed E-state index contributed by atoms with van der Waals surface area (Å²) in [7, 11) is 1.82. The predicted molar refractivity (Wildman–Crippen MR) is 164 cm³/mol. The molecule has 2 saturated heterocycles. The fraction of sp³-hybridized carbons (Fsp3) is 0.394.